The van der Waals surface area contributed by atoms with Crippen molar-refractivity contribution in [3.8, 4) is 0 Å². The van der Waals surface area contributed by atoms with Crippen LogP contribution in [0.5, 0.6) is 0 Å². The summed E-state index contributed by atoms with van der Waals surface area (Å²) in [5.41, 5.74) is 0. The van der Waals surface area contributed by atoms with Crippen LogP contribution in [0.15, 0.2) is 0 Å². The van der Waals surface area contributed by atoms with Gasteiger partial charge in [-0.25, -0.2) is 4.79 Å². The molecule has 2 unspecified atom stereocenters. The highest BCUT2D eigenvalue weighted by Gasteiger charge is 2.30. The largest absolute Gasteiger partial charge is 0.481 e. The molecule has 6 heteroatoms. The predicted octanol–water partition coefficient (Wildman–Crippen LogP) is 1.06. The van der Waals surface area contributed by atoms with Crippen molar-refractivity contribution in [2.24, 2.45) is 0 Å². The highest BCUT2D eigenvalue weighted by Crippen LogP contribution is 2.20. The molecule has 1 saturated heterocycles. The summed E-state index contributed by atoms with van der Waals surface area (Å²) in [5, 5.41) is 11.7. The molecule has 0 aromatic rings. The zero-order valence-electron chi connectivity index (χ0n) is 11.0. The molecular formula is C12H22N2O4. The van der Waals surface area contributed by atoms with E-state index in [2.05, 4.69) is 5.32 Å². The van der Waals surface area contributed by atoms with E-state index in [4.69, 9.17) is 9.84 Å². The smallest absolute Gasteiger partial charge is 0.317 e. The SMILES string of the molecule is COCCC(C)NC(=O)N1CCCC1CC(=O)O. The minimum absolute atomic E-state index is 0.0277. The van der Waals surface area contributed by atoms with Crippen molar-refractivity contribution in [2.75, 3.05) is 20.3 Å². The first-order valence-electron chi connectivity index (χ1n) is 6.32. The Bertz CT molecular complexity index is 296. The van der Waals surface area contributed by atoms with E-state index in [0.29, 0.717) is 13.2 Å². The number of carboxylic acid groups (broad SMARTS) is 1. The van der Waals surface area contributed by atoms with Crippen LogP contribution >= 0.6 is 0 Å². The average Bonchev–Trinajstić information content (AvgIpc) is 2.73. The lowest BCUT2D eigenvalue weighted by Crippen LogP contribution is -2.46. The van der Waals surface area contributed by atoms with Gasteiger partial charge in [-0.2, -0.15) is 0 Å². The van der Waals surface area contributed by atoms with E-state index in [-0.39, 0.29) is 24.5 Å². The maximum atomic E-state index is 12.0. The Hall–Kier alpha value is -1.30. The fourth-order valence-electron chi connectivity index (χ4n) is 2.18. The number of rotatable bonds is 6. The lowest BCUT2D eigenvalue weighted by atomic mass is 10.1. The number of hydrogen-bond acceptors (Lipinski definition) is 3. The van der Waals surface area contributed by atoms with Crippen LogP contribution in [0, 0.1) is 0 Å². The molecule has 0 aromatic carbocycles. The molecule has 18 heavy (non-hydrogen) atoms. The number of aliphatic carboxylic acids is 1. The van der Waals surface area contributed by atoms with Gasteiger partial charge in [-0.1, -0.05) is 0 Å². The number of hydrogen-bond donors (Lipinski definition) is 2. The summed E-state index contributed by atoms with van der Waals surface area (Å²) in [6.07, 6.45) is 2.42. The van der Waals surface area contributed by atoms with Crippen molar-refractivity contribution < 1.29 is 19.4 Å². The second kappa shape index (κ2) is 7.20. The van der Waals surface area contributed by atoms with Crippen LogP contribution in [0.1, 0.15) is 32.6 Å². The fourth-order valence-corrected chi connectivity index (χ4v) is 2.18. The van der Waals surface area contributed by atoms with Crippen molar-refractivity contribution in [3.05, 3.63) is 0 Å². The zero-order chi connectivity index (χ0) is 13.5. The van der Waals surface area contributed by atoms with Crippen molar-refractivity contribution in [2.45, 2.75) is 44.7 Å². The third-order valence-corrected chi connectivity index (χ3v) is 3.17. The van der Waals surface area contributed by atoms with Gasteiger partial charge in [-0.05, 0) is 26.2 Å². The van der Waals surface area contributed by atoms with Gasteiger partial charge in [0.2, 0.25) is 0 Å². The summed E-state index contributed by atoms with van der Waals surface area (Å²) in [7, 11) is 1.62. The number of carboxylic acids is 1. The molecule has 1 rings (SSSR count). The van der Waals surface area contributed by atoms with E-state index in [1.807, 2.05) is 6.92 Å². The number of amides is 2. The van der Waals surface area contributed by atoms with E-state index in [9.17, 15) is 9.59 Å². The number of methoxy groups -OCH3 is 1. The second-order valence-electron chi connectivity index (χ2n) is 4.72. The Morgan fingerprint density at radius 2 is 2.28 bits per heavy atom. The first-order chi connectivity index (χ1) is 8.54. The molecule has 0 aliphatic carbocycles. The number of nitrogens with one attached hydrogen (secondary N) is 1. The van der Waals surface area contributed by atoms with E-state index < -0.39 is 5.97 Å². The van der Waals surface area contributed by atoms with Gasteiger partial charge in [-0.3, -0.25) is 4.79 Å². The molecule has 1 fully saturated rings. The highest BCUT2D eigenvalue weighted by molar-refractivity contribution is 5.76. The van der Waals surface area contributed by atoms with Gasteiger partial charge in [0, 0.05) is 32.3 Å². The molecule has 0 spiro atoms. The number of urea groups is 1. The molecule has 2 N–H and O–H groups in total. The first-order valence-corrected chi connectivity index (χ1v) is 6.32. The van der Waals surface area contributed by atoms with Crippen LogP contribution in [0.3, 0.4) is 0 Å². The van der Waals surface area contributed by atoms with Crippen LogP contribution in [0.25, 0.3) is 0 Å². The Labute approximate surface area is 107 Å². The van der Waals surface area contributed by atoms with Gasteiger partial charge in [0.05, 0.1) is 6.42 Å². The molecule has 2 amide bonds. The molecule has 6 nitrogen and oxygen atoms in total. The number of nitrogens with zero attached hydrogens (tertiary/aromatic N) is 1. The summed E-state index contributed by atoms with van der Waals surface area (Å²) in [5.74, 6) is -0.855. The minimum atomic E-state index is -0.855. The van der Waals surface area contributed by atoms with Gasteiger partial charge in [0.25, 0.3) is 0 Å². The third-order valence-electron chi connectivity index (χ3n) is 3.17. The topological polar surface area (TPSA) is 78.9 Å². The zero-order valence-corrected chi connectivity index (χ0v) is 11.0. The standard InChI is InChI=1S/C12H22N2O4/c1-9(5-7-18-2)13-12(17)14-6-3-4-10(14)8-11(15)16/h9-10H,3-8H2,1-2H3,(H,13,17)(H,15,16). The van der Waals surface area contributed by atoms with Gasteiger partial charge in [0.1, 0.15) is 0 Å². The highest BCUT2D eigenvalue weighted by atomic mass is 16.5. The van der Waals surface area contributed by atoms with Gasteiger partial charge < -0.3 is 20.1 Å². The number of ether oxygens (including phenoxy) is 1. The monoisotopic (exact) mass is 258 g/mol. The number of carbonyl (C=O) groups is 2. The van der Waals surface area contributed by atoms with Crippen LogP contribution in [-0.4, -0.2) is 54.4 Å². The van der Waals surface area contributed by atoms with Crippen LogP contribution in [0.4, 0.5) is 4.79 Å². The lowest BCUT2D eigenvalue weighted by molar-refractivity contribution is -0.137. The number of carbonyl (C=O) groups excluding carboxylic acids is 1. The molecule has 1 heterocycles. The minimum Gasteiger partial charge on any atom is -0.481 e. The summed E-state index contributed by atoms with van der Waals surface area (Å²) in [6.45, 7) is 3.15. The molecule has 0 aromatic heterocycles. The van der Waals surface area contributed by atoms with Crippen molar-refractivity contribution in [1.29, 1.82) is 0 Å². The molecule has 2 atom stereocenters. The third kappa shape index (κ3) is 4.52. The van der Waals surface area contributed by atoms with Gasteiger partial charge in [0.15, 0.2) is 0 Å². The molecular weight excluding hydrogens is 236 g/mol. The summed E-state index contributed by atoms with van der Waals surface area (Å²) in [4.78, 5) is 24.3. The van der Waals surface area contributed by atoms with Crippen LogP contribution < -0.4 is 5.32 Å². The molecule has 0 bridgehead atoms. The summed E-state index contributed by atoms with van der Waals surface area (Å²) in [6, 6.07) is -0.303. The molecule has 0 radical (unpaired) electrons. The van der Waals surface area contributed by atoms with E-state index in [0.717, 1.165) is 19.3 Å². The molecule has 0 saturated carbocycles. The normalized spacial score (nSPS) is 20.8. The molecule has 1 aliphatic heterocycles. The Morgan fingerprint density at radius 1 is 1.56 bits per heavy atom. The van der Waals surface area contributed by atoms with E-state index in [1.54, 1.807) is 12.0 Å². The van der Waals surface area contributed by atoms with Crippen LogP contribution in [-0.2, 0) is 9.53 Å². The van der Waals surface area contributed by atoms with Crippen molar-refractivity contribution in [1.82, 2.24) is 10.2 Å². The lowest BCUT2D eigenvalue weighted by Gasteiger charge is -2.25. The van der Waals surface area contributed by atoms with Crippen molar-refractivity contribution in [3.63, 3.8) is 0 Å². The predicted molar refractivity (Wildman–Crippen MR) is 66.5 cm³/mol. The Balaban J connectivity index is 2.42. The summed E-state index contributed by atoms with van der Waals surface area (Å²) < 4.78 is 4.95. The first kappa shape index (κ1) is 14.8. The van der Waals surface area contributed by atoms with Crippen molar-refractivity contribution >= 4 is 12.0 Å². The fraction of sp³-hybridized carbons (Fsp3) is 0.833. The molecule has 1 aliphatic rings. The number of likely N-dealkylation sites (tertiary alicyclic amines) is 1. The van der Waals surface area contributed by atoms with Gasteiger partial charge in [-0.15, -0.1) is 0 Å². The summed E-state index contributed by atoms with van der Waals surface area (Å²) >= 11 is 0. The maximum absolute atomic E-state index is 12.0. The van der Waals surface area contributed by atoms with Crippen LogP contribution in [0.2, 0.25) is 0 Å². The quantitative estimate of drug-likeness (QED) is 0.746. The van der Waals surface area contributed by atoms with E-state index >= 15 is 0 Å². The van der Waals surface area contributed by atoms with Gasteiger partial charge >= 0.3 is 12.0 Å². The maximum Gasteiger partial charge on any atom is 0.317 e. The molecule has 104 valence electrons. The second-order valence-corrected chi connectivity index (χ2v) is 4.72. The Kier molecular flexibility index (Phi) is 5.91. The Morgan fingerprint density at radius 3 is 2.89 bits per heavy atom. The van der Waals surface area contributed by atoms with E-state index in [1.165, 1.54) is 0 Å². The average molecular weight is 258 g/mol.